The van der Waals surface area contributed by atoms with Crippen molar-refractivity contribution >= 4 is 11.6 Å². The number of nitrogens with zero attached hydrogens (tertiary/aromatic N) is 5. The van der Waals surface area contributed by atoms with Crippen LogP contribution in [0.2, 0.25) is 5.02 Å². The molecule has 0 spiro atoms. The predicted octanol–water partition coefficient (Wildman–Crippen LogP) is 4.99. The van der Waals surface area contributed by atoms with Crippen molar-refractivity contribution < 1.29 is 8.78 Å². The molecule has 186 valence electrons. The maximum Gasteiger partial charge on any atom is 0.251 e. The molecule has 1 atom stereocenters. The molecule has 3 aliphatic heterocycles. The summed E-state index contributed by atoms with van der Waals surface area (Å²) in [5, 5.41) is 13.5. The third-order valence-corrected chi connectivity index (χ3v) is 8.31. The topological polar surface area (TPSA) is 49.2 Å². The molecule has 1 aliphatic carbocycles. The lowest BCUT2D eigenvalue weighted by Crippen LogP contribution is -2.59. The van der Waals surface area contributed by atoms with Gasteiger partial charge in [0.2, 0.25) is 0 Å². The van der Waals surface area contributed by atoms with E-state index < -0.39 is 11.5 Å². The molecule has 1 saturated carbocycles. The lowest BCUT2D eigenvalue weighted by atomic mass is 9.73. The average molecular weight is 501 g/mol. The van der Waals surface area contributed by atoms with Crippen molar-refractivity contribution in [2.24, 2.45) is 0 Å². The Kier molecular flexibility index (Phi) is 5.54. The zero-order chi connectivity index (χ0) is 24.4. The first-order valence-electron chi connectivity index (χ1n) is 12.4. The number of piperidine rings is 1. The fourth-order valence-electron chi connectivity index (χ4n) is 6.24. The Morgan fingerprint density at radius 3 is 2.60 bits per heavy atom. The Hall–Kier alpha value is -2.29. The van der Waals surface area contributed by atoms with Gasteiger partial charge in [-0.1, -0.05) is 17.7 Å². The Morgan fingerprint density at radius 1 is 1.11 bits per heavy atom. The first-order chi connectivity index (χ1) is 16.7. The summed E-state index contributed by atoms with van der Waals surface area (Å²) in [4.78, 5) is 4.60. The highest BCUT2D eigenvalue weighted by atomic mass is 35.5. The molecule has 2 aromatic rings. The summed E-state index contributed by atoms with van der Waals surface area (Å²) < 4.78 is 29.9. The summed E-state index contributed by atoms with van der Waals surface area (Å²) in [5.74, 6) is -0.521. The third-order valence-electron chi connectivity index (χ3n) is 8.08. The number of likely N-dealkylation sites (tertiary alicyclic amines) is 1. The van der Waals surface area contributed by atoms with Gasteiger partial charge in [0, 0.05) is 54.7 Å². The standard InChI is InChI=1S/C26H31ClF2N6/c1-17-4-3-5-22(30-17)33-10-8-18(9-11-33)24-32-31-23-14-34(25(2)15-26(28,29)16-25)13-19-12-20(27)6-7-21(19)35(23)24/h3-7,12,18,22,30H,8-11,13-16H2,1-2H3. The van der Waals surface area contributed by atoms with Crippen molar-refractivity contribution in [1.29, 1.82) is 0 Å². The van der Waals surface area contributed by atoms with E-state index in [1.165, 1.54) is 5.70 Å². The highest BCUT2D eigenvalue weighted by molar-refractivity contribution is 6.30. The number of benzene rings is 1. The van der Waals surface area contributed by atoms with E-state index >= 15 is 0 Å². The molecule has 9 heteroatoms. The summed E-state index contributed by atoms with van der Waals surface area (Å²) in [6.07, 6.45) is 8.36. The number of hydrogen-bond acceptors (Lipinski definition) is 5. The highest BCUT2D eigenvalue weighted by Gasteiger charge is 2.57. The van der Waals surface area contributed by atoms with Crippen LogP contribution in [0.1, 0.15) is 62.7 Å². The number of allylic oxidation sites excluding steroid dienone is 3. The van der Waals surface area contributed by atoms with Gasteiger partial charge in [0.15, 0.2) is 5.82 Å². The van der Waals surface area contributed by atoms with Crippen LogP contribution < -0.4 is 5.32 Å². The fourth-order valence-corrected chi connectivity index (χ4v) is 6.44. The molecule has 1 saturated heterocycles. The zero-order valence-corrected chi connectivity index (χ0v) is 20.9. The minimum absolute atomic E-state index is 0.131. The van der Waals surface area contributed by atoms with E-state index in [4.69, 9.17) is 11.6 Å². The lowest BCUT2D eigenvalue weighted by molar-refractivity contribution is -0.173. The summed E-state index contributed by atoms with van der Waals surface area (Å²) in [5.41, 5.74) is 2.66. The molecule has 1 N–H and O–H groups in total. The first kappa shape index (κ1) is 23.1. The van der Waals surface area contributed by atoms with Crippen molar-refractivity contribution in [3.8, 4) is 5.69 Å². The lowest BCUT2D eigenvalue weighted by Gasteiger charge is -2.51. The molecule has 6 nitrogen and oxygen atoms in total. The van der Waals surface area contributed by atoms with Gasteiger partial charge in [-0.3, -0.25) is 14.4 Å². The van der Waals surface area contributed by atoms with Crippen molar-refractivity contribution in [3.63, 3.8) is 0 Å². The number of rotatable bonds is 3. The van der Waals surface area contributed by atoms with Crippen molar-refractivity contribution in [3.05, 3.63) is 64.4 Å². The SMILES string of the molecule is CC1=CC=CC(N2CCC(c3nnc4n3-c3ccc(Cl)cc3CN(C3(C)CC(F)(F)C3)C4)CC2)N1. The minimum Gasteiger partial charge on any atom is -0.370 e. The van der Waals surface area contributed by atoms with Crippen LogP contribution in [0.15, 0.2) is 42.1 Å². The highest BCUT2D eigenvalue weighted by Crippen LogP contribution is 2.50. The number of alkyl halides is 2. The summed E-state index contributed by atoms with van der Waals surface area (Å²) in [6.45, 7) is 7.02. The number of nitrogens with one attached hydrogen (secondary N) is 1. The van der Waals surface area contributed by atoms with Crippen LogP contribution in [0.25, 0.3) is 5.69 Å². The molecule has 6 rings (SSSR count). The zero-order valence-electron chi connectivity index (χ0n) is 20.1. The minimum atomic E-state index is -2.60. The van der Waals surface area contributed by atoms with Crippen molar-refractivity contribution in [1.82, 2.24) is 29.9 Å². The van der Waals surface area contributed by atoms with Gasteiger partial charge in [-0.05, 0) is 62.6 Å². The number of aromatic nitrogens is 3. The molecule has 1 aromatic carbocycles. The quantitative estimate of drug-likeness (QED) is 0.643. The normalized spacial score (nSPS) is 26.2. The largest absolute Gasteiger partial charge is 0.370 e. The summed E-state index contributed by atoms with van der Waals surface area (Å²) >= 11 is 6.37. The molecule has 4 heterocycles. The summed E-state index contributed by atoms with van der Waals surface area (Å²) in [6, 6.07) is 5.88. The van der Waals surface area contributed by atoms with Gasteiger partial charge < -0.3 is 5.32 Å². The molecular weight excluding hydrogens is 470 g/mol. The van der Waals surface area contributed by atoms with Gasteiger partial charge in [0.1, 0.15) is 5.82 Å². The molecule has 0 amide bonds. The van der Waals surface area contributed by atoms with E-state index in [1.807, 2.05) is 25.1 Å². The number of halogens is 3. The monoisotopic (exact) mass is 500 g/mol. The molecular formula is C26H31ClF2N6. The van der Waals surface area contributed by atoms with Gasteiger partial charge in [-0.2, -0.15) is 0 Å². The fraction of sp³-hybridized carbons (Fsp3) is 0.538. The van der Waals surface area contributed by atoms with Crippen LogP contribution in [0, 0.1) is 0 Å². The number of dihydropyridines is 1. The second-order valence-electron chi connectivity index (χ2n) is 10.8. The Bertz CT molecular complexity index is 1190. The van der Waals surface area contributed by atoms with Gasteiger partial charge in [0.25, 0.3) is 5.92 Å². The Balaban J connectivity index is 1.28. The van der Waals surface area contributed by atoms with Crippen LogP contribution in [-0.4, -0.2) is 55.3 Å². The molecule has 2 fully saturated rings. The molecule has 0 radical (unpaired) electrons. The van der Waals surface area contributed by atoms with E-state index in [1.54, 1.807) is 0 Å². The molecule has 1 unspecified atom stereocenters. The second-order valence-corrected chi connectivity index (χ2v) is 11.2. The Labute approximate surface area is 209 Å². The molecule has 35 heavy (non-hydrogen) atoms. The van der Waals surface area contributed by atoms with Crippen LogP contribution in [0.3, 0.4) is 0 Å². The number of fused-ring (bicyclic) bond motifs is 3. The number of hydrogen-bond donors (Lipinski definition) is 1. The Morgan fingerprint density at radius 2 is 1.89 bits per heavy atom. The molecule has 1 aromatic heterocycles. The molecule has 0 bridgehead atoms. The van der Waals surface area contributed by atoms with E-state index in [0.717, 1.165) is 48.8 Å². The third kappa shape index (κ3) is 4.19. The van der Waals surface area contributed by atoms with Crippen LogP contribution in [0.5, 0.6) is 0 Å². The van der Waals surface area contributed by atoms with E-state index in [-0.39, 0.29) is 24.9 Å². The van der Waals surface area contributed by atoms with E-state index in [2.05, 4.69) is 55.0 Å². The van der Waals surface area contributed by atoms with Crippen LogP contribution >= 0.6 is 11.6 Å². The van der Waals surface area contributed by atoms with Gasteiger partial charge in [-0.15, -0.1) is 10.2 Å². The van der Waals surface area contributed by atoms with Crippen molar-refractivity contribution in [2.75, 3.05) is 13.1 Å². The van der Waals surface area contributed by atoms with E-state index in [0.29, 0.717) is 18.1 Å². The summed E-state index contributed by atoms with van der Waals surface area (Å²) in [7, 11) is 0. The van der Waals surface area contributed by atoms with Crippen LogP contribution in [0.4, 0.5) is 8.78 Å². The maximum atomic E-state index is 13.9. The smallest absolute Gasteiger partial charge is 0.251 e. The van der Waals surface area contributed by atoms with Gasteiger partial charge >= 0.3 is 0 Å². The molecule has 4 aliphatic rings. The predicted molar refractivity (Wildman–Crippen MR) is 132 cm³/mol. The first-order valence-corrected chi connectivity index (χ1v) is 12.8. The van der Waals surface area contributed by atoms with E-state index in [9.17, 15) is 8.78 Å². The second kappa shape index (κ2) is 8.39. The average Bonchev–Trinajstić information content (AvgIpc) is 3.13. The van der Waals surface area contributed by atoms with Crippen LogP contribution in [-0.2, 0) is 13.1 Å². The van der Waals surface area contributed by atoms with Gasteiger partial charge in [-0.25, -0.2) is 8.78 Å². The van der Waals surface area contributed by atoms with Crippen molar-refractivity contribution in [2.45, 2.75) is 76.2 Å². The van der Waals surface area contributed by atoms with Gasteiger partial charge in [0.05, 0.1) is 18.4 Å². The maximum absolute atomic E-state index is 13.9.